The molecule has 3 heteroatoms. The zero-order chi connectivity index (χ0) is 11.5. The molecular formula is C14H18ClNS. The summed E-state index contributed by atoms with van der Waals surface area (Å²) >= 11 is 1.72. The molecule has 1 aromatic heterocycles. The van der Waals surface area contributed by atoms with E-state index in [9.17, 15) is 0 Å². The lowest BCUT2D eigenvalue weighted by atomic mass is 9.97. The largest absolute Gasteiger partial charge is 0.320 e. The number of nitrogens with two attached hydrogens (primary N) is 1. The molecule has 0 aliphatic rings. The van der Waals surface area contributed by atoms with E-state index in [0.29, 0.717) is 5.92 Å². The van der Waals surface area contributed by atoms with Crippen molar-refractivity contribution in [2.75, 3.05) is 0 Å². The lowest BCUT2D eigenvalue weighted by Crippen LogP contribution is -2.10. The normalized spacial score (nSPS) is 12.2. The summed E-state index contributed by atoms with van der Waals surface area (Å²) in [6.45, 7) is 4.41. The Morgan fingerprint density at radius 3 is 2.35 bits per heavy atom. The Hall–Kier alpha value is -0.830. The fourth-order valence-corrected chi connectivity index (χ4v) is 2.50. The fourth-order valence-electron chi connectivity index (χ4n) is 1.74. The van der Waals surface area contributed by atoms with Crippen LogP contribution in [0.2, 0.25) is 0 Å². The third-order valence-corrected chi connectivity index (χ3v) is 3.74. The number of thiophene rings is 1. The molecule has 2 N–H and O–H groups in total. The molecule has 2 aromatic rings. The van der Waals surface area contributed by atoms with Gasteiger partial charge in [0.15, 0.2) is 0 Å². The van der Waals surface area contributed by atoms with Crippen LogP contribution in [0, 0.1) is 0 Å². The summed E-state index contributed by atoms with van der Waals surface area (Å²) in [6.07, 6.45) is 0. The van der Waals surface area contributed by atoms with E-state index in [-0.39, 0.29) is 18.4 Å². The number of hydrogen-bond acceptors (Lipinski definition) is 2. The third-order valence-electron chi connectivity index (χ3n) is 2.79. The molecular weight excluding hydrogens is 250 g/mol. The maximum absolute atomic E-state index is 6.24. The van der Waals surface area contributed by atoms with Gasteiger partial charge in [0.1, 0.15) is 0 Å². The molecule has 1 atom stereocenters. The molecule has 0 radical (unpaired) electrons. The summed E-state index contributed by atoms with van der Waals surface area (Å²) in [4.78, 5) is 1.22. The Labute approximate surface area is 113 Å². The van der Waals surface area contributed by atoms with E-state index in [4.69, 9.17) is 5.73 Å². The average molecular weight is 268 g/mol. The van der Waals surface area contributed by atoms with Crippen LogP contribution in [0.15, 0.2) is 41.8 Å². The Morgan fingerprint density at radius 2 is 1.76 bits per heavy atom. The van der Waals surface area contributed by atoms with E-state index in [1.54, 1.807) is 11.3 Å². The lowest BCUT2D eigenvalue weighted by molar-refractivity contribution is 0.844. The highest BCUT2D eigenvalue weighted by atomic mass is 35.5. The van der Waals surface area contributed by atoms with Crippen molar-refractivity contribution in [2.45, 2.75) is 25.8 Å². The van der Waals surface area contributed by atoms with Crippen molar-refractivity contribution in [3.63, 3.8) is 0 Å². The molecule has 0 aliphatic heterocycles. The van der Waals surface area contributed by atoms with Crippen molar-refractivity contribution >= 4 is 23.7 Å². The molecule has 92 valence electrons. The maximum atomic E-state index is 6.24. The summed E-state index contributed by atoms with van der Waals surface area (Å²) < 4.78 is 0. The van der Waals surface area contributed by atoms with Gasteiger partial charge in [0, 0.05) is 4.88 Å². The first kappa shape index (κ1) is 14.2. The second-order valence-electron chi connectivity index (χ2n) is 4.32. The number of halogens is 1. The summed E-state index contributed by atoms with van der Waals surface area (Å²) in [7, 11) is 0. The molecule has 1 aromatic carbocycles. The molecule has 0 unspecified atom stereocenters. The summed E-state index contributed by atoms with van der Waals surface area (Å²) in [5.74, 6) is 0.551. The molecule has 0 bridgehead atoms. The van der Waals surface area contributed by atoms with E-state index in [1.807, 2.05) is 6.07 Å². The zero-order valence-corrected chi connectivity index (χ0v) is 11.7. The molecule has 0 saturated carbocycles. The minimum Gasteiger partial charge on any atom is -0.320 e. The van der Waals surface area contributed by atoms with Gasteiger partial charge in [-0.25, -0.2) is 0 Å². The van der Waals surface area contributed by atoms with Crippen molar-refractivity contribution < 1.29 is 0 Å². The Bertz CT molecular complexity index is 451. The fraction of sp³-hybridized carbons (Fsp3) is 0.286. The second kappa shape index (κ2) is 6.20. The second-order valence-corrected chi connectivity index (χ2v) is 5.30. The molecule has 1 heterocycles. The number of rotatable bonds is 3. The molecule has 0 fully saturated rings. The van der Waals surface area contributed by atoms with Gasteiger partial charge < -0.3 is 5.73 Å². The third kappa shape index (κ3) is 3.32. The molecule has 1 nitrogen and oxygen atoms in total. The highest BCUT2D eigenvalue weighted by Crippen LogP contribution is 2.25. The smallest absolute Gasteiger partial charge is 0.0646 e. The van der Waals surface area contributed by atoms with Crippen LogP contribution in [-0.4, -0.2) is 0 Å². The van der Waals surface area contributed by atoms with Gasteiger partial charge in [0.25, 0.3) is 0 Å². The highest BCUT2D eigenvalue weighted by molar-refractivity contribution is 7.10. The summed E-state index contributed by atoms with van der Waals surface area (Å²) in [6, 6.07) is 12.7. The summed E-state index contributed by atoms with van der Waals surface area (Å²) in [5, 5.41) is 2.07. The standard InChI is InChI=1S/C14H17NS.ClH/c1-10(2)11-5-3-6-12(9-11)14(15)13-7-4-8-16-13;/h3-10,14H,15H2,1-2H3;1H/t14-;/m0./s1. The molecule has 0 saturated heterocycles. The summed E-state index contributed by atoms with van der Waals surface area (Å²) in [5.41, 5.74) is 8.79. The van der Waals surface area contributed by atoms with Crippen molar-refractivity contribution in [3.8, 4) is 0 Å². The number of hydrogen-bond donors (Lipinski definition) is 1. The van der Waals surface area contributed by atoms with E-state index in [0.717, 1.165) is 0 Å². The minimum absolute atomic E-state index is 0. The minimum atomic E-state index is 0. The molecule has 17 heavy (non-hydrogen) atoms. The van der Waals surface area contributed by atoms with Crippen LogP contribution in [-0.2, 0) is 0 Å². The van der Waals surface area contributed by atoms with E-state index in [1.165, 1.54) is 16.0 Å². The molecule has 0 amide bonds. The van der Waals surface area contributed by atoms with Gasteiger partial charge in [0.05, 0.1) is 6.04 Å². The quantitative estimate of drug-likeness (QED) is 0.880. The maximum Gasteiger partial charge on any atom is 0.0646 e. The van der Waals surface area contributed by atoms with Crippen LogP contribution in [0.1, 0.15) is 41.8 Å². The first-order chi connectivity index (χ1) is 7.68. The van der Waals surface area contributed by atoms with Crippen LogP contribution in [0.3, 0.4) is 0 Å². The predicted molar refractivity (Wildman–Crippen MR) is 78.1 cm³/mol. The van der Waals surface area contributed by atoms with E-state index in [2.05, 4.69) is 49.6 Å². The van der Waals surface area contributed by atoms with Crippen LogP contribution in [0.25, 0.3) is 0 Å². The van der Waals surface area contributed by atoms with Crippen LogP contribution in [0.5, 0.6) is 0 Å². The van der Waals surface area contributed by atoms with Gasteiger partial charge in [-0.1, -0.05) is 44.2 Å². The van der Waals surface area contributed by atoms with E-state index >= 15 is 0 Å². The van der Waals surface area contributed by atoms with E-state index < -0.39 is 0 Å². The Morgan fingerprint density at radius 1 is 1.06 bits per heavy atom. The Balaban J connectivity index is 0.00000144. The van der Waals surface area contributed by atoms with Crippen molar-refractivity contribution in [1.29, 1.82) is 0 Å². The predicted octanol–water partition coefficient (Wildman–Crippen LogP) is 4.34. The highest BCUT2D eigenvalue weighted by Gasteiger charge is 2.10. The number of benzene rings is 1. The zero-order valence-electron chi connectivity index (χ0n) is 10.1. The first-order valence-corrected chi connectivity index (χ1v) is 6.45. The first-order valence-electron chi connectivity index (χ1n) is 5.57. The Kier molecular flexibility index (Phi) is 5.19. The van der Waals surface area contributed by atoms with Gasteiger partial charge >= 0.3 is 0 Å². The van der Waals surface area contributed by atoms with Gasteiger partial charge in [-0.3, -0.25) is 0 Å². The topological polar surface area (TPSA) is 26.0 Å². The van der Waals surface area contributed by atoms with Gasteiger partial charge in [0.2, 0.25) is 0 Å². The van der Waals surface area contributed by atoms with Crippen LogP contribution < -0.4 is 5.73 Å². The van der Waals surface area contributed by atoms with Crippen molar-refractivity contribution in [2.24, 2.45) is 5.73 Å². The van der Waals surface area contributed by atoms with Crippen LogP contribution in [0.4, 0.5) is 0 Å². The monoisotopic (exact) mass is 267 g/mol. The molecule has 0 spiro atoms. The molecule has 0 aliphatic carbocycles. The van der Waals surface area contributed by atoms with Crippen LogP contribution >= 0.6 is 23.7 Å². The van der Waals surface area contributed by atoms with Gasteiger partial charge in [-0.2, -0.15) is 0 Å². The van der Waals surface area contributed by atoms with Gasteiger partial charge in [-0.15, -0.1) is 23.7 Å². The van der Waals surface area contributed by atoms with Crippen molar-refractivity contribution in [1.82, 2.24) is 0 Å². The van der Waals surface area contributed by atoms with Crippen molar-refractivity contribution in [3.05, 3.63) is 57.8 Å². The average Bonchev–Trinajstić information content (AvgIpc) is 2.81. The SMILES string of the molecule is CC(C)c1cccc([C@H](N)c2cccs2)c1.Cl. The lowest BCUT2D eigenvalue weighted by Gasteiger charge is -2.13. The van der Waals surface area contributed by atoms with Gasteiger partial charge in [-0.05, 0) is 28.5 Å². The molecule has 2 rings (SSSR count).